The minimum Gasteiger partial charge on any atom is -0.467 e. The summed E-state index contributed by atoms with van der Waals surface area (Å²) in [5.41, 5.74) is -0.738. The Balaban J connectivity index is 2.91. The number of allylic oxidation sites excluding steroid dienone is 1. The number of hydrogen-bond acceptors (Lipinski definition) is 8. The molecule has 0 spiro atoms. The zero-order valence-corrected chi connectivity index (χ0v) is 21.9. The van der Waals surface area contributed by atoms with E-state index in [1.165, 1.54) is 44.5 Å². The van der Waals surface area contributed by atoms with E-state index in [9.17, 15) is 28.8 Å². The van der Waals surface area contributed by atoms with Gasteiger partial charge in [0, 0.05) is 19.2 Å². The standard InChI is InChI=1S/C25H36N4O8/c1-6-37-22(32)12-8-7-10-18(26-17(4)30)23(33)28-19-11-9-13-29(24(19)34)15-21(31)27-20(14-16(2)3)25(35)36-5/h8-9,11-13,16,18,20H,6-7,10,14-15H2,1-5H3,(H,26,30)(H,27,31)(H,28,33)/b12-8+/t18?,20-/m1/s1. The van der Waals surface area contributed by atoms with Crippen LogP contribution in [0.1, 0.15) is 47.0 Å². The third-order valence-electron chi connectivity index (χ3n) is 4.98. The molecule has 0 bridgehead atoms. The summed E-state index contributed by atoms with van der Waals surface area (Å²) >= 11 is 0. The predicted molar refractivity (Wildman–Crippen MR) is 135 cm³/mol. The van der Waals surface area contributed by atoms with Crippen LogP contribution >= 0.6 is 0 Å². The van der Waals surface area contributed by atoms with E-state index in [1.807, 2.05) is 13.8 Å². The van der Waals surface area contributed by atoms with Crippen LogP contribution in [0, 0.1) is 5.92 Å². The number of ether oxygens (including phenoxy) is 2. The molecule has 0 saturated carbocycles. The van der Waals surface area contributed by atoms with Crippen molar-refractivity contribution in [2.75, 3.05) is 19.0 Å². The Bertz CT molecular complexity index is 1050. The summed E-state index contributed by atoms with van der Waals surface area (Å²) in [5, 5.41) is 7.57. The van der Waals surface area contributed by atoms with Crippen LogP contribution in [0.25, 0.3) is 0 Å². The van der Waals surface area contributed by atoms with Gasteiger partial charge in [-0.2, -0.15) is 0 Å². The highest BCUT2D eigenvalue weighted by Crippen LogP contribution is 2.07. The van der Waals surface area contributed by atoms with Crippen molar-refractivity contribution in [3.8, 4) is 0 Å². The number of carbonyl (C=O) groups is 5. The van der Waals surface area contributed by atoms with E-state index >= 15 is 0 Å². The number of methoxy groups -OCH3 is 1. The molecule has 204 valence electrons. The molecular formula is C25H36N4O8. The monoisotopic (exact) mass is 520 g/mol. The zero-order chi connectivity index (χ0) is 28.0. The minimum atomic E-state index is -0.974. The van der Waals surface area contributed by atoms with Crippen molar-refractivity contribution in [2.45, 2.75) is 65.6 Å². The van der Waals surface area contributed by atoms with Gasteiger partial charge in [-0.05, 0) is 44.2 Å². The fourth-order valence-electron chi connectivity index (χ4n) is 3.35. The van der Waals surface area contributed by atoms with Crippen LogP contribution in [0.2, 0.25) is 0 Å². The number of rotatable bonds is 14. The van der Waals surface area contributed by atoms with Crippen LogP contribution < -0.4 is 21.5 Å². The lowest BCUT2D eigenvalue weighted by Crippen LogP contribution is -2.45. The maximum Gasteiger partial charge on any atom is 0.330 e. The average molecular weight is 521 g/mol. The van der Waals surface area contributed by atoms with Crippen molar-refractivity contribution in [1.29, 1.82) is 0 Å². The van der Waals surface area contributed by atoms with Crippen molar-refractivity contribution in [2.24, 2.45) is 5.92 Å². The predicted octanol–water partition coefficient (Wildman–Crippen LogP) is 0.895. The molecule has 1 heterocycles. The van der Waals surface area contributed by atoms with Gasteiger partial charge < -0.3 is 30.0 Å². The van der Waals surface area contributed by atoms with Crippen molar-refractivity contribution in [3.63, 3.8) is 0 Å². The minimum absolute atomic E-state index is 0.0931. The average Bonchev–Trinajstić information content (AvgIpc) is 2.82. The van der Waals surface area contributed by atoms with Crippen LogP contribution in [0.5, 0.6) is 0 Å². The van der Waals surface area contributed by atoms with E-state index in [-0.39, 0.29) is 37.6 Å². The Labute approximate surface area is 215 Å². The molecule has 0 aliphatic heterocycles. The van der Waals surface area contributed by atoms with Gasteiger partial charge in [0.15, 0.2) is 0 Å². The molecule has 0 aliphatic rings. The van der Waals surface area contributed by atoms with Gasteiger partial charge in [-0.25, -0.2) is 9.59 Å². The largest absolute Gasteiger partial charge is 0.467 e. The highest BCUT2D eigenvalue weighted by molar-refractivity contribution is 5.96. The second-order valence-corrected chi connectivity index (χ2v) is 8.60. The molecule has 2 atom stereocenters. The first-order chi connectivity index (χ1) is 17.5. The maximum absolute atomic E-state index is 12.9. The molecule has 0 fully saturated rings. The molecule has 0 saturated heterocycles. The van der Waals surface area contributed by atoms with Gasteiger partial charge in [-0.15, -0.1) is 0 Å². The summed E-state index contributed by atoms with van der Waals surface area (Å²) in [6, 6.07) is 1.02. The Kier molecular flexibility index (Phi) is 13.4. The number of esters is 2. The number of hydrogen-bond donors (Lipinski definition) is 3. The third-order valence-corrected chi connectivity index (χ3v) is 4.98. The molecule has 1 rings (SSSR count). The molecular weight excluding hydrogens is 484 g/mol. The van der Waals surface area contributed by atoms with Gasteiger partial charge in [0.25, 0.3) is 5.56 Å². The molecule has 0 aromatic carbocycles. The number of nitrogens with zero attached hydrogens (tertiary/aromatic N) is 1. The summed E-state index contributed by atoms with van der Waals surface area (Å²) in [4.78, 5) is 73.1. The molecule has 3 N–H and O–H groups in total. The topological polar surface area (TPSA) is 162 Å². The van der Waals surface area contributed by atoms with Crippen LogP contribution in [0.15, 0.2) is 35.3 Å². The van der Waals surface area contributed by atoms with Crippen molar-refractivity contribution >= 4 is 35.3 Å². The second-order valence-electron chi connectivity index (χ2n) is 8.60. The fourth-order valence-corrected chi connectivity index (χ4v) is 3.35. The lowest BCUT2D eigenvalue weighted by molar-refractivity contribution is -0.145. The van der Waals surface area contributed by atoms with E-state index in [2.05, 4.69) is 16.0 Å². The van der Waals surface area contributed by atoms with Crippen molar-refractivity contribution < 1.29 is 33.4 Å². The number of aromatic nitrogens is 1. The first kappa shape index (κ1) is 31.1. The second kappa shape index (κ2) is 15.9. The number of nitrogens with one attached hydrogen (secondary N) is 3. The summed E-state index contributed by atoms with van der Waals surface area (Å²) < 4.78 is 10.6. The first-order valence-corrected chi connectivity index (χ1v) is 12.0. The van der Waals surface area contributed by atoms with E-state index in [4.69, 9.17) is 9.47 Å². The summed E-state index contributed by atoms with van der Waals surface area (Å²) in [6.45, 7) is 6.57. The van der Waals surface area contributed by atoms with Crippen molar-refractivity contribution in [1.82, 2.24) is 15.2 Å². The normalized spacial score (nSPS) is 12.5. The number of pyridine rings is 1. The van der Waals surface area contributed by atoms with Gasteiger partial charge in [-0.1, -0.05) is 19.9 Å². The van der Waals surface area contributed by atoms with Crippen molar-refractivity contribution in [3.05, 3.63) is 40.8 Å². The molecule has 0 radical (unpaired) electrons. The highest BCUT2D eigenvalue weighted by atomic mass is 16.5. The molecule has 0 aliphatic carbocycles. The van der Waals surface area contributed by atoms with Crippen LogP contribution in [-0.2, 0) is 40.0 Å². The lowest BCUT2D eigenvalue weighted by atomic mass is 10.0. The van der Waals surface area contributed by atoms with E-state index in [0.717, 1.165) is 4.57 Å². The summed E-state index contributed by atoms with van der Waals surface area (Å²) in [7, 11) is 1.23. The first-order valence-electron chi connectivity index (χ1n) is 12.0. The van der Waals surface area contributed by atoms with E-state index in [1.54, 1.807) is 6.92 Å². The van der Waals surface area contributed by atoms with Crippen LogP contribution in [-0.4, -0.2) is 60.0 Å². The Morgan fingerprint density at radius 2 is 1.81 bits per heavy atom. The van der Waals surface area contributed by atoms with Gasteiger partial charge in [-0.3, -0.25) is 19.2 Å². The molecule has 1 unspecified atom stereocenters. The Morgan fingerprint density at radius 1 is 1.11 bits per heavy atom. The molecule has 3 amide bonds. The summed E-state index contributed by atoms with van der Waals surface area (Å²) in [5.74, 6) is -2.65. The fraction of sp³-hybridized carbons (Fsp3) is 0.520. The molecule has 37 heavy (non-hydrogen) atoms. The third kappa shape index (κ3) is 11.5. The molecule has 1 aromatic rings. The van der Waals surface area contributed by atoms with Gasteiger partial charge in [0.2, 0.25) is 17.7 Å². The van der Waals surface area contributed by atoms with E-state index < -0.39 is 47.3 Å². The van der Waals surface area contributed by atoms with Crippen LogP contribution in [0.3, 0.4) is 0 Å². The maximum atomic E-state index is 12.9. The van der Waals surface area contributed by atoms with Gasteiger partial charge >= 0.3 is 11.9 Å². The zero-order valence-electron chi connectivity index (χ0n) is 21.9. The highest BCUT2D eigenvalue weighted by Gasteiger charge is 2.23. The van der Waals surface area contributed by atoms with Crippen LogP contribution in [0.4, 0.5) is 5.69 Å². The molecule has 12 nitrogen and oxygen atoms in total. The Morgan fingerprint density at radius 3 is 2.41 bits per heavy atom. The molecule has 1 aromatic heterocycles. The SMILES string of the molecule is CCOC(=O)/C=C/CCC(NC(C)=O)C(=O)Nc1cccn(CC(=O)N[C@H](CC(C)C)C(=O)OC)c1=O. The summed E-state index contributed by atoms with van der Waals surface area (Å²) in [6.07, 6.45) is 4.94. The smallest absolute Gasteiger partial charge is 0.330 e. The van der Waals surface area contributed by atoms with Gasteiger partial charge in [0.05, 0.1) is 13.7 Å². The van der Waals surface area contributed by atoms with Gasteiger partial charge in [0.1, 0.15) is 24.3 Å². The quantitative estimate of drug-likeness (QED) is 0.241. The number of amides is 3. The Hall–Kier alpha value is -3.96. The number of anilines is 1. The lowest BCUT2D eigenvalue weighted by Gasteiger charge is -2.19. The number of carbonyl (C=O) groups excluding carboxylic acids is 5. The molecule has 12 heteroatoms. The van der Waals surface area contributed by atoms with E-state index in [0.29, 0.717) is 6.42 Å².